The lowest BCUT2D eigenvalue weighted by Gasteiger charge is -2.46. The number of carbonyl (C=O) groups is 4. The van der Waals surface area contributed by atoms with Crippen molar-refractivity contribution in [2.45, 2.75) is 37.6 Å². The SMILES string of the molecule is C[C@@H](O)[C@H]1C(=O)N2C(C(=O)O)=C(c3c[n+]4cn(CC(N)=O)c(SCC(N)=O)c4s3)[C@H](C)[C@H]12.[I-]. The summed E-state index contributed by atoms with van der Waals surface area (Å²) in [4.78, 5) is 50.0. The first-order valence-electron chi connectivity index (χ1n) is 9.75. The Morgan fingerprint density at radius 2 is 1.97 bits per heavy atom. The number of imidazole rings is 1. The van der Waals surface area contributed by atoms with Gasteiger partial charge in [-0.1, -0.05) is 30.0 Å². The maximum absolute atomic E-state index is 12.6. The van der Waals surface area contributed by atoms with E-state index in [-0.39, 0.29) is 47.9 Å². The Hall–Kier alpha value is -2.17. The largest absolute Gasteiger partial charge is 1.00 e. The molecule has 2 aliphatic heterocycles. The summed E-state index contributed by atoms with van der Waals surface area (Å²) in [6.07, 6.45) is 2.49. The number of carboxylic acid groups (broad SMARTS) is 1. The molecule has 3 amide bonds. The first-order chi connectivity index (χ1) is 15.0. The molecule has 2 aliphatic rings. The number of carboxylic acids is 1. The topological polar surface area (TPSA) is 173 Å². The average Bonchev–Trinajstić information content (AvgIpc) is 3.27. The molecular formula is C19H22IN5O6S2. The van der Waals surface area contributed by atoms with Gasteiger partial charge >= 0.3 is 5.97 Å². The quantitative estimate of drug-likeness (QED) is 0.103. The summed E-state index contributed by atoms with van der Waals surface area (Å²) >= 11 is 2.44. The third-order valence-electron chi connectivity index (χ3n) is 5.72. The van der Waals surface area contributed by atoms with E-state index in [0.717, 1.165) is 11.8 Å². The molecule has 0 aromatic carbocycles. The smallest absolute Gasteiger partial charge is 0.352 e. The number of halogens is 1. The number of thioether (sulfide) groups is 1. The Morgan fingerprint density at radius 1 is 1.30 bits per heavy atom. The number of aliphatic carboxylic acids is 1. The fourth-order valence-corrected chi connectivity index (χ4v) is 6.78. The van der Waals surface area contributed by atoms with Gasteiger partial charge in [0, 0.05) is 11.5 Å². The lowest BCUT2D eigenvalue weighted by Crippen LogP contribution is -3.00. The van der Waals surface area contributed by atoms with Crippen molar-refractivity contribution in [3.05, 3.63) is 23.1 Å². The van der Waals surface area contributed by atoms with E-state index in [0.29, 0.717) is 20.3 Å². The van der Waals surface area contributed by atoms with E-state index >= 15 is 0 Å². The molecule has 0 radical (unpaired) electrons. The van der Waals surface area contributed by atoms with Gasteiger partial charge in [0.15, 0.2) is 6.54 Å². The lowest BCUT2D eigenvalue weighted by molar-refractivity contribution is -0.508. The Labute approximate surface area is 213 Å². The summed E-state index contributed by atoms with van der Waals surface area (Å²) in [6, 6.07) is -0.423. The number of hydrogen-bond donors (Lipinski definition) is 4. The monoisotopic (exact) mass is 607 g/mol. The number of nitrogens with zero attached hydrogens (tertiary/aromatic N) is 3. The van der Waals surface area contributed by atoms with Crippen LogP contribution in [-0.4, -0.2) is 61.3 Å². The van der Waals surface area contributed by atoms with Crippen LogP contribution in [0.4, 0.5) is 0 Å². The third kappa shape index (κ3) is 4.13. The molecule has 0 bridgehead atoms. The molecule has 14 heteroatoms. The molecular weight excluding hydrogens is 585 g/mol. The number of carbonyl (C=O) groups excluding carboxylic acids is 3. The fraction of sp³-hybridized carbons (Fsp3) is 0.421. The van der Waals surface area contributed by atoms with Crippen molar-refractivity contribution in [2.75, 3.05) is 5.75 Å². The highest BCUT2D eigenvalue weighted by Crippen LogP contribution is 2.51. The van der Waals surface area contributed by atoms with E-state index in [2.05, 4.69) is 0 Å². The minimum absolute atomic E-state index is 0. The molecule has 0 saturated carbocycles. The predicted octanol–water partition coefficient (Wildman–Crippen LogP) is -3.99. The number of fused-ring (bicyclic) bond motifs is 2. The van der Waals surface area contributed by atoms with Crippen LogP contribution >= 0.6 is 23.1 Å². The summed E-state index contributed by atoms with van der Waals surface area (Å²) in [6.45, 7) is 3.28. The predicted molar refractivity (Wildman–Crippen MR) is 114 cm³/mol. The van der Waals surface area contributed by atoms with Gasteiger partial charge < -0.3 is 50.6 Å². The van der Waals surface area contributed by atoms with E-state index in [4.69, 9.17) is 11.5 Å². The highest BCUT2D eigenvalue weighted by molar-refractivity contribution is 8.00. The molecule has 4 heterocycles. The van der Waals surface area contributed by atoms with Crippen molar-refractivity contribution >= 4 is 57.2 Å². The Morgan fingerprint density at radius 3 is 2.52 bits per heavy atom. The zero-order valence-corrected chi connectivity index (χ0v) is 21.4. The number of β-lactam (4-membered cyclic amide) rings is 1. The van der Waals surface area contributed by atoms with Crippen LogP contribution < -0.4 is 39.8 Å². The second-order valence-electron chi connectivity index (χ2n) is 7.90. The van der Waals surface area contributed by atoms with E-state index in [1.165, 1.54) is 23.2 Å². The molecule has 0 unspecified atom stereocenters. The number of primary amides is 2. The van der Waals surface area contributed by atoms with Gasteiger partial charge in [-0.2, -0.15) is 4.40 Å². The van der Waals surface area contributed by atoms with E-state index in [1.807, 2.05) is 6.92 Å². The Bertz CT molecular complexity index is 1200. The van der Waals surface area contributed by atoms with Gasteiger partial charge in [-0.3, -0.25) is 14.4 Å². The van der Waals surface area contributed by atoms with Gasteiger partial charge in [-0.05, 0) is 6.92 Å². The standard InChI is InChI=1S/C19H21N5O6S2.HI/c1-7-12(15(19(29)30)24-14(7)13(8(2)25)16(24)28)9-3-22-6-23(4-10(20)26)17(18(22)32-9)31-5-11(21)27;/h3,6-8,13-14,25H,4-5H2,1-2H3,(H4-,20,21,26,27,29,30);1H/t7-,8+,13+,14+;/m0./s1. The van der Waals surface area contributed by atoms with Gasteiger partial charge in [0.25, 0.3) is 12.2 Å². The van der Waals surface area contributed by atoms with Crippen LogP contribution in [0.1, 0.15) is 18.7 Å². The van der Waals surface area contributed by atoms with Crippen LogP contribution in [0.3, 0.4) is 0 Å². The van der Waals surface area contributed by atoms with Crippen LogP contribution in [-0.2, 0) is 25.7 Å². The van der Waals surface area contributed by atoms with Crippen LogP contribution in [0.5, 0.6) is 0 Å². The van der Waals surface area contributed by atoms with Gasteiger partial charge in [-0.15, -0.1) is 0 Å². The number of nitrogens with two attached hydrogens (primary N) is 2. The third-order valence-corrected chi connectivity index (χ3v) is 8.12. The van der Waals surface area contributed by atoms with Crippen LogP contribution in [0.15, 0.2) is 23.2 Å². The number of rotatable bonds is 8. The molecule has 2 aromatic rings. The highest BCUT2D eigenvalue weighted by atomic mass is 127. The number of hydrogen-bond acceptors (Lipinski definition) is 7. The normalized spacial score (nSPS) is 22.7. The van der Waals surface area contributed by atoms with Crippen LogP contribution in [0.2, 0.25) is 0 Å². The minimum Gasteiger partial charge on any atom is -1.00 e. The molecule has 4 atom stereocenters. The van der Waals surface area contributed by atoms with Crippen molar-refractivity contribution < 1.29 is 57.8 Å². The second kappa shape index (κ2) is 9.23. The number of thiazole rings is 1. The van der Waals surface area contributed by atoms with Gasteiger partial charge in [0.05, 0.1) is 28.7 Å². The highest BCUT2D eigenvalue weighted by Gasteiger charge is 2.60. The number of amides is 3. The molecule has 0 aliphatic carbocycles. The molecule has 11 nitrogen and oxygen atoms in total. The molecule has 4 rings (SSSR count). The van der Waals surface area contributed by atoms with Crippen molar-refractivity contribution in [1.82, 2.24) is 9.47 Å². The van der Waals surface area contributed by atoms with Crippen LogP contribution in [0, 0.1) is 11.8 Å². The van der Waals surface area contributed by atoms with Crippen molar-refractivity contribution in [3.8, 4) is 0 Å². The van der Waals surface area contributed by atoms with Gasteiger partial charge in [0.1, 0.15) is 11.9 Å². The van der Waals surface area contributed by atoms with Gasteiger partial charge in [0.2, 0.25) is 21.7 Å². The summed E-state index contributed by atoms with van der Waals surface area (Å²) in [7, 11) is 0. The lowest BCUT2D eigenvalue weighted by atomic mass is 9.77. The molecule has 1 saturated heterocycles. The fourth-order valence-electron chi connectivity index (χ4n) is 4.52. The molecule has 6 N–H and O–H groups in total. The second-order valence-corrected chi connectivity index (χ2v) is 9.89. The van der Waals surface area contributed by atoms with Crippen LogP contribution in [0.25, 0.3) is 10.4 Å². The summed E-state index contributed by atoms with van der Waals surface area (Å²) < 4.78 is 3.34. The first-order valence-corrected chi connectivity index (χ1v) is 11.6. The molecule has 178 valence electrons. The first kappa shape index (κ1) is 25.5. The molecule has 33 heavy (non-hydrogen) atoms. The maximum atomic E-state index is 12.6. The Balaban J connectivity index is 0.00000306. The average molecular weight is 607 g/mol. The summed E-state index contributed by atoms with van der Waals surface area (Å²) in [5.74, 6) is -3.65. The van der Waals surface area contributed by atoms with E-state index in [1.54, 1.807) is 21.5 Å². The van der Waals surface area contributed by atoms with E-state index < -0.39 is 41.8 Å². The number of aliphatic hydroxyl groups excluding tert-OH is 1. The zero-order chi connectivity index (χ0) is 23.5. The maximum Gasteiger partial charge on any atom is 0.352 e. The number of aliphatic hydroxyl groups is 1. The van der Waals surface area contributed by atoms with E-state index in [9.17, 15) is 29.4 Å². The van der Waals surface area contributed by atoms with Crippen molar-refractivity contribution in [3.63, 3.8) is 0 Å². The van der Waals surface area contributed by atoms with Crippen molar-refractivity contribution in [2.24, 2.45) is 23.3 Å². The molecule has 1 fully saturated rings. The summed E-state index contributed by atoms with van der Waals surface area (Å²) in [5, 5.41) is 20.5. The van der Waals surface area contributed by atoms with Crippen molar-refractivity contribution in [1.29, 1.82) is 0 Å². The summed E-state index contributed by atoms with van der Waals surface area (Å²) in [5.41, 5.74) is 11.0. The van der Waals surface area contributed by atoms with Gasteiger partial charge in [-0.25, -0.2) is 9.36 Å². The molecule has 0 spiro atoms. The zero-order valence-electron chi connectivity index (χ0n) is 17.6. The number of aromatic nitrogens is 2. The minimum atomic E-state index is -1.21. The Kier molecular flexibility index (Phi) is 7.12. The molecule has 2 aromatic heterocycles.